The standard InChI is InChI=1S/C25H24BrClN2O4/c1-3-32-20-10-8-17(9-11-20)14-24(30)29-28-15-18-12-21(26)25(23(13-18)31-2)33-16-19-6-4-5-7-22(19)27/h4-13,15H,3,14,16H2,1-2H3,(H,29,30)/b28-15+. The predicted octanol–water partition coefficient (Wildman–Crippen LogP) is 5.78. The number of hydrogen-bond acceptors (Lipinski definition) is 5. The zero-order valence-corrected chi connectivity index (χ0v) is 20.7. The third-order valence-corrected chi connectivity index (χ3v) is 5.54. The number of rotatable bonds is 10. The van der Waals surface area contributed by atoms with Gasteiger partial charge in [0.05, 0.1) is 30.8 Å². The Hall–Kier alpha value is -3.03. The topological polar surface area (TPSA) is 69.2 Å². The number of carbonyl (C=O) groups is 1. The monoisotopic (exact) mass is 530 g/mol. The van der Waals surface area contributed by atoms with Crippen LogP contribution in [0, 0.1) is 0 Å². The number of hydrogen-bond donors (Lipinski definition) is 1. The Morgan fingerprint density at radius 3 is 2.58 bits per heavy atom. The Kier molecular flexibility index (Phi) is 9.15. The maximum Gasteiger partial charge on any atom is 0.244 e. The third kappa shape index (κ3) is 7.23. The van der Waals surface area contributed by atoms with Crippen LogP contribution in [0.5, 0.6) is 17.2 Å². The summed E-state index contributed by atoms with van der Waals surface area (Å²) in [5.41, 5.74) is 5.01. The fourth-order valence-electron chi connectivity index (χ4n) is 2.99. The molecular weight excluding hydrogens is 508 g/mol. The van der Waals surface area contributed by atoms with Crippen LogP contribution >= 0.6 is 27.5 Å². The first-order valence-electron chi connectivity index (χ1n) is 10.3. The number of nitrogens with one attached hydrogen (secondary N) is 1. The average molecular weight is 532 g/mol. The SMILES string of the molecule is CCOc1ccc(CC(=O)N/N=C/c2cc(Br)c(OCc3ccccc3Cl)c(OC)c2)cc1. The fourth-order valence-corrected chi connectivity index (χ4v) is 3.76. The second-order valence-electron chi connectivity index (χ2n) is 6.96. The molecule has 8 heteroatoms. The highest BCUT2D eigenvalue weighted by Crippen LogP contribution is 2.37. The lowest BCUT2D eigenvalue weighted by molar-refractivity contribution is -0.120. The Bertz CT molecular complexity index is 1120. The van der Waals surface area contributed by atoms with E-state index in [9.17, 15) is 4.79 Å². The first kappa shape index (κ1) is 24.6. The van der Waals surface area contributed by atoms with E-state index in [1.54, 1.807) is 19.4 Å². The van der Waals surface area contributed by atoms with Crippen LogP contribution in [0.4, 0.5) is 0 Å². The first-order chi connectivity index (χ1) is 16.0. The van der Waals surface area contributed by atoms with Crippen molar-refractivity contribution >= 4 is 39.7 Å². The molecule has 6 nitrogen and oxygen atoms in total. The second kappa shape index (κ2) is 12.3. The number of ether oxygens (including phenoxy) is 3. The molecule has 33 heavy (non-hydrogen) atoms. The van der Waals surface area contributed by atoms with E-state index < -0.39 is 0 Å². The molecule has 0 bridgehead atoms. The van der Waals surface area contributed by atoms with E-state index >= 15 is 0 Å². The molecule has 3 aromatic carbocycles. The number of benzene rings is 3. The summed E-state index contributed by atoms with van der Waals surface area (Å²) in [7, 11) is 1.56. The predicted molar refractivity (Wildman–Crippen MR) is 134 cm³/mol. The van der Waals surface area contributed by atoms with E-state index in [2.05, 4.69) is 26.5 Å². The minimum atomic E-state index is -0.221. The van der Waals surface area contributed by atoms with Gasteiger partial charge in [0, 0.05) is 10.6 Å². The van der Waals surface area contributed by atoms with Gasteiger partial charge in [0.15, 0.2) is 11.5 Å². The molecular formula is C25H24BrClN2O4. The summed E-state index contributed by atoms with van der Waals surface area (Å²) in [5.74, 6) is 1.63. The van der Waals surface area contributed by atoms with Crippen molar-refractivity contribution in [3.63, 3.8) is 0 Å². The molecule has 1 amide bonds. The Morgan fingerprint density at radius 1 is 1.12 bits per heavy atom. The molecule has 172 valence electrons. The lowest BCUT2D eigenvalue weighted by atomic mass is 10.1. The molecule has 0 unspecified atom stereocenters. The second-order valence-corrected chi connectivity index (χ2v) is 8.22. The van der Waals surface area contributed by atoms with Gasteiger partial charge in [-0.2, -0.15) is 5.10 Å². The molecule has 0 aliphatic heterocycles. The molecule has 0 atom stereocenters. The largest absolute Gasteiger partial charge is 0.494 e. The summed E-state index contributed by atoms with van der Waals surface area (Å²) in [6, 6.07) is 18.5. The van der Waals surface area contributed by atoms with Crippen LogP contribution in [0.2, 0.25) is 5.02 Å². The molecule has 0 fully saturated rings. The van der Waals surface area contributed by atoms with Crippen molar-refractivity contribution in [1.29, 1.82) is 0 Å². The van der Waals surface area contributed by atoms with Gasteiger partial charge in [-0.05, 0) is 64.3 Å². The normalized spacial score (nSPS) is 10.8. The smallest absolute Gasteiger partial charge is 0.244 e. The van der Waals surface area contributed by atoms with Crippen LogP contribution in [0.3, 0.4) is 0 Å². The number of carbonyl (C=O) groups excluding carboxylic acids is 1. The molecule has 0 saturated carbocycles. The van der Waals surface area contributed by atoms with Crippen molar-refractivity contribution in [1.82, 2.24) is 5.43 Å². The number of hydrazone groups is 1. The molecule has 1 N–H and O–H groups in total. The van der Waals surface area contributed by atoms with Gasteiger partial charge < -0.3 is 14.2 Å². The van der Waals surface area contributed by atoms with Crippen LogP contribution in [0.1, 0.15) is 23.6 Å². The number of amides is 1. The molecule has 0 saturated heterocycles. The van der Waals surface area contributed by atoms with Gasteiger partial charge in [-0.1, -0.05) is 41.9 Å². The molecule has 0 spiro atoms. The van der Waals surface area contributed by atoms with Crippen LogP contribution in [-0.4, -0.2) is 25.8 Å². The summed E-state index contributed by atoms with van der Waals surface area (Å²) >= 11 is 9.72. The Labute approximate surface area is 206 Å². The summed E-state index contributed by atoms with van der Waals surface area (Å²) < 4.78 is 17.5. The van der Waals surface area contributed by atoms with Crippen LogP contribution in [0.25, 0.3) is 0 Å². The highest BCUT2D eigenvalue weighted by molar-refractivity contribution is 9.10. The molecule has 0 heterocycles. The molecule has 0 aliphatic rings. The Balaban J connectivity index is 1.60. The third-order valence-electron chi connectivity index (χ3n) is 4.58. The zero-order chi connectivity index (χ0) is 23.6. The van der Waals surface area contributed by atoms with Gasteiger partial charge in [-0.15, -0.1) is 0 Å². The minimum absolute atomic E-state index is 0.214. The van der Waals surface area contributed by atoms with Crippen molar-refractivity contribution in [2.45, 2.75) is 20.0 Å². The number of methoxy groups -OCH3 is 1. The molecule has 3 aromatic rings. The quantitative estimate of drug-likeness (QED) is 0.266. The van der Waals surface area contributed by atoms with Crippen molar-refractivity contribution in [2.24, 2.45) is 5.10 Å². The van der Waals surface area contributed by atoms with Crippen molar-refractivity contribution in [3.8, 4) is 17.2 Å². The van der Waals surface area contributed by atoms with E-state index in [1.165, 1.54) is 0 Å². The average Bonchev–Trinajstić information content (AvgIpc) is 2.80. The highest BCUT2D eigenvalue weighted by atomic mass is 79.9. The van der Waals surface area contributed by atoms with Crippen LogP contribution in [-0.2, 0) is 17.8 Å². The molecule has 0 aromatic heterocycles. The van der Waals surface area contributed by atoms with Gasteiger partial charge in [-0.3, -0.25) is 4.79 Å². The van der Waals surface area contributed by atoms with Gasteiger partial charge in [0.2, 0.25) is 5.91 Å². The fraction of sp³-hybridized carbons (Fsp3) is 0.200. The lowest BCUT2D eigenvalue weighted by Crippen LogP contribution is -2.19. The van der Waals surface area contributed by atoms with Crippen LogP contribution in [0.15, 0.2) is 70.2 Å². The van der Waals surface area contributed by atoms with E-state index in [4.69, 9.17) is 25.8 Å². The molecule has 3 rings (SSSR count). The summed E-state index contributed by atoms with van der Waals surface area (Å²) in [5, 5.41) is 4.69. The molecule has 0 aliphatic carbocycles. The Morgan fingerprint density at radius 2 is 1.88 bits per heavy atom. The van der Waals surface area contributed by atoms with Crippen LogP contribution < -0.4 is 19.6 Å². The summed E-state index contributed by atoms with van der Waals surface area (Å²) in [6.07, 6.45) is 1.76. The van der Waals surface area contributed by atoms with E-state index in [0.29, 0.717) is 34.2 Å². The van der Waals surface area contributed by atoms with E-state index in [-0.39, 0.29) is 12.3 Å². The highest BCUT2D eigenvalue weighted by Gasteiger charge is 2.12. The zero-order valence-electron chi connectivity index (χ0n) is 18.3. The van der Waals surface area contributed by atoms with Crippen molar-refractivity contribution in [3.05, 3.63) is 86.8 Å². The summed E-state index contributed by atoms with van der Waals surface area (Å²) in [4.78, 5) is 12.2. The van der Waals surface area contributed by atoms with Gasteiger partial charge >= 0.3 is 0 Å². The number of halogens is 2. The lowest BCUT2D eigenvalue weighted by Gasteiger charge is -2.14. The van der Waals surface area contributed by atoms with Crippen molar-refractivity contribution < 1.29 is 19.0 Å². The van der Waals surface area contributed by atoms with Gasteiger partial charge in [0.25, 0.3) is 0 Å². The summed E-state index contributed by atoms with van der Waals surface area (Å²) in [6.45, 7) is 2.82. The maximum absolute atomic E-state index is 12.2. The molecule has 0 radical (unpaired) electrons. The van der Waals surface area contributed by atoms with Gasteiger partial charge in [-0.25, -0.2) is 5.43 Å². The first-order valence-corrected chi connectivity index (χ1v) is 11.4. The number of nitrogens with zero attached hydrogens (tertiary/aromatic N) is 1. The minimum Gasteiger partial charge on any atom is -0.494 e. The van der Waals surface area contributed by atoms with Crippen molar-refractivity contribution in [2.75, 3.05) is 13.7 Å². The maximum atomic E-state index is 12.2. The van der Waals surface area contributed by atoms with E-state index in [0.717, 1.165) is 22.4 Å². The van der Waals surface area contributed by atoms with E-state index in [1.807, 2.05) is 61.5 Å². The van der Waals surface area contributed by atoms with Gasteiger partial charge in [0.1, 0.15) is 12.4 Å².